The molecule has 3 aromatic rings. The number of nitrogens with zero attached hydrogens (tertiary/aromatic N) is 5. The molecular weight excluding hydrogens is 816 g/mol. The Morgan fingerprint density at radius 1 is 0.898 bits per heavy atom. The van der Waals surface area contributed by atoms with Crippen molar-refractivity contribution in [1.29, 1.82) is 0 Å². The number of rotatable bonds is 10. The fraction of sp³-hybridized carbons (Fsp3) is 0.463. The molecule has 4 fully saturated rings. The number of nitrogens with one attached hydrogen (secondary N) is 1. The largest absolute Gasteiger partial charge is 0.444 e. The number of alkyl halides is 3. The summed E-state index contributed by atoms with van der Waals surface area (Å²) in [6, 6.07) is 14.1. The standard InChI is InChI=1S/C41H45Cl2F3N6O7/c1-40(2,3)59-39(56)47-34(17-25-7-5-4-6-8-25)38(55)51-23-29-10-11-30(51)22-48(29)14-13-36(53)50-16-15-49(24-35(50)26-9-12-32(42)33(43)20-26)37(54)27-18-28(41(44,45)46)21-31(19-27)52(57)58/h4-9,12,18-21,29-30,34-35H,10-11,13-17,22-24H2,1-3H3,(H,47,56). The van der Waals surface area contributed by atoms with Crippen LogP contribution in [0.4, 0.5) is 23.7 Å². The molecule has 4 amide bonds. The van der Waals surface area contributed by atoms with Gasteiger partial charge in [-0.2, -0.15) is 13.2 Å². The highest BCUT2D eigenvalue weighted by Gasteiger charge is 2.44. The molecule has 4 heterocycles. The van der Waals surface area contributed by atoms with E-state index in [4.69, 9.17) is 27.9 Å². The summed E-state index contributed by atoms with van der Waals surface area (Å²) < 4.78 is 46.5. The summed E-state index contributed by atoms with van der Waals surface area (Å²) >= 11 is 12.5. The van der Waals surface area contributed by atoms with E-state index in [-0.39, 0.29) is 66.4 Å². The van der Waals surface area contributed by atoms with Crippen molar-refractivity contribution < 1.29 is 42.0 Å². The maximum Gasteiger partial charge on any atom is 0.416 e. The molecule has 13 nitrogen and oxygen atoms in total. The lowest BCUT2D eigenvalue weighted by molar-refractivity contribution is -0.385. The van der Waals surface area contributed by atoms with Gasteiger partial charge in [-0.25, -0.2) is 4.79 Å². The molecule has 2 bridgehead atoms. The lowest BCUT2D eigenvalue weighted by Crippen LogP contribution is -2.66. The zero-order valence-electron chi connectivity index (χ0n) is 32.7. The van der Waals surface area contributed by atoms with E-state index >= 15 is 0 Å². The molecular formula is C41H45Cl2F3N6O7. The number of benzene rings is 3. The number of alkyl carbamates (subject to hydrolysis) is 1. The van der Waals surface area contributed by atoms with Gasteiger partial charge in [0.1, 0.15) is 11.6 Å². The zero-order chi connectivity index (χ0) is 42.8. The first-order chi connectivity index (χ1) is 27.8. The Bertz CT molecular complexity index is 2090. The number of hydrogen-bond acceptors (Lipinski definition) is 8. The second kappa shape index (κ2) is 17.7. The second-order valence-corrected chi connectivity index (χ2v) is 16.9. The van der Waals surface area contributed by atoms with E-state index in [0.717, 1.165) is 24.5 Å². The minimum atomic E-state index is -4.93. The fourth-order valence-corrected chi connectivity index (χ4v) is 8.31. The average molecular weight is 862 g/mol. The van der Waals surface area contributed by atoms with E-state index in [1.54, 1.807) is 43.9 Å². The van der Waals surface area contributed by atoms with Crippen LogP contribution in [0, 0.1) is 10.1 Å². The molecule has 4 unspecified atom stereocenters. The number of nitro benzene ring substituents is 1. The number of carbonyl (C=O) groups excluding carboxylic acids is 4. The van der Waals surface area contributed by atoms with Gasteiger partial charge in [0, 0.05) is 81.9 Å². The SMILES string of the molecule is CC(C)(C)OC(=O)NC(Cc1ccccc1)C(=O)N1CC2CCC1CN2CCC(=O)N1CCN(C(=O)c2cc([N+](=O)[O-])cc(C(F)(F)F)c2)CC1c1ccc(Cl)c(Cl)c1. The van der Waals surface area contributed by atoms with Crippen molar-refractivity contribution in [2.75, 3.05) is 39.3 Å². The number of nitro groups is 1. The van der Waals surface area contributed by atoms with Gasteiger partial charge in [-0.15, -0.1) is 0 Å². The highest BCUT2D eigenvalue weighted by Crippen LogP contribution is 2.36. The molecule has 7 rings (SSSR count). The molecule has 0 aliphatic carbocycles. The number of ether oxygens (including phenoxy) is 1. The van der Waals surface area contributed by atoms with Crippen molar-refractivity contribution in [2.24, 2.45) is 0 Å². The van der Waals surface area contributed by atoms with Crippen molar-refractivity contribution in [1.82, 2.24) is 24.9 Å². The van der Waals surface area contributed by atoms with Crippen molar-refractivity contribution in [2.45, 2.75) is 82.4 Å². The third kappa shape index (κ3) is 10.6. The Labute approximate surface area is 349 Å². The van der Waals surface area contributed by atoms with Gasteiger partial charge in [0.15, 0.2) is 0 Å². The van der Waals surface area contributed by atoms with E-state index in [1.807, 2.05) is 35.2 Å². The highest BCUT2D eigenvalue weighted by molar-refractivity contribution is 6.42. The van der Waals surface area contributed by atoms with Gasteiger partial charge >= 0.3 is 12.3 Å². The average Bonchev–Trinajstić information content (AvgIpc) is 3.19. The zero-order valence-corrected chi connectivity index (χ0v) is 34.2. The summed E-state index contributed by atoms with van der Waals surface area (Å²) in [7, 11) is 0. The van der Waals surface area contributed by atoms with Gasteiger partial charge in [-0.1, -0.05) is 59.6 Å². The van der Waals surface area contributed by atoms with Crippen LogP contribution in [0.15, 0.2) is 66.7 Å². The number of piperidine rings is 2. The van der Waals surface area contributed by atoms with Crippen LogP contribution in [-0.4, -0.2) is 111 Å². The number of fused-ring (bicyclic) bond motifs is 3. The lowest BCUT2D eigenvalue weighted by Gasteiger charge is -2.52. The summed E-state index contributed by atoms with van der Waals surface area (Å²) in [5.74, 6) is -1.30. The first-order valence-corrected chi connectivity index (χ1v) is 20.0. The van der Waals surface area contributed by atoms with Gasteiger partial charge in [0.25, 0.3) is 11.6 Å². The van der Waals surface area contributed by atoms with Crippen LogP contribution < -0.4 is 5.32 Å². The highest BCUT2D eigenvalue weighted by atomic mass is 35.5. The normalized spacial score (nSPS) is 20.3. The van der Waals surface area contributed by atoms with Gasteiger partial charge in [0.05, 0.1) is 26.6 Å². The van der Waals surface area contributed by atoms with Gasteiger partial charge in [0.2, 0.25) is 11.8 Å². The van der Waals surface area contributed by atoms with Crippen LogP contribution in [0.1, 0.15) is 73.1 Å². The monoisotopic (exact) mass is 860 g/mol. The molecule has 59 heavy (non-hydrogen) atoms. The summed E-state index contributed by atoms with van der Waals surface area (Å²) in [5, 5.41) is 14.7. The van der Waals surface area contributed by atoms with E-state index < -0.39 is 57.6 Å². The van der Waals surface area contributed by atoms with Crippen molar-refractivity contribution >= 4 is 52.7 Å². The number of halogens is 5. The maximum atomic E-state index is 14.1. The molecule has 4 aliphatic heterocycles. The molecule has 0 saturated carbocycles. The van der Waals surface area contributed by atoms with Gasteiger partial charge in [-0.3, -0.25) is 29.4 Å². The Hall–Kier alpha value is -4.93. The Morgan fingerprint density at radius 2 is 1.61 bits per heavy atom. The van der Waals surface area contributed by atoms with E-state index in [1.165, 1.54) is 4.90 Å². The molecule has 1 N–H and O–H groups in total. The minimum Gasteiger partial charge on any atom is -0.444 e. The number of piperazine rings is 2. The molecule has 316 valence electrons. The lowest BCUT2D eigenvalue weighted by atomic mass is 9.89. The molecule has 4 aliphatic rings. The minimum absolute atomic E-state index is 0.0261. The fourth-order valence-electron chi connectivity index (χ4n) is 8.00. The molecule has 4 atom stereocenters. The second-order valence-electron chi connectivity index (χ2n) is 16.1. The van der Waals surface area contributed by atoms with Crippen LogP contribution >= 0.6 is 23.2 Å². The van der Waals surface area contributed by atoms with Crippen molar-refractivity contribution in [3.63, 3.8) is 0 Å². The summed E-state index contributed by atoms with van der Waals surface area (Å²) in [6.45, 7) is 6.43. The van der Waals surface area contributed by atoms with Gasteiger partial charge < -0.3 is 24.8 Å². The number of non-ortho nitro benzene ring substituents is 1. The topological polar surface area (TPSA) is 146 Å². The summed E-state index contributed by atoms with van der Waals surface area (Å²) in [5.41, 5.74) is -2.03. The maximum absolute atomic E-state index is 14.1. The first kappa shape index (κ1) is 43.6. The molecule has 0 aromatic heterocycles. The number of hydrogen-bond donors (Lipinski definition) is 1. The van der Waals surface area contributed by atoms with E-state index in [9.17, 15) is 42.5 Å². The Morgan fingerprint density at radius 3 is 2.24 bits per heavy atom. The molecule has 18 heteroatoms. The third-order valence-electron chi connectivity index (χ3n) is 10.8. The smallest absolute Gasteiger partial charge is 0.416 e. The van der Waals surface area contributed by atoms with E-state index in [2.05, 4.69) is 10.2 Å². The predicted octanol–water partition coefficient (Wildman–Crippen LogP) is 7.15. The molecule has 3 aromatic carbocycles. The molecule has 0 spiro atoms. The number of carbonyl (C=O) groups is 4. The number of amides is 4. The van der Waals surface area contributed by atoms with Crippen LogP contribution in [0.5, 0.6) is 0 Å². The van der Waals surface area contributed by atoms with Crippen LogP contribution in [0.25, 0.3) is 0 Å². The Balaban J connectivity index is 1.14. The quantitative estimate of drug-likeness (QED) is 0.167. The van der Waals surface area contributed by atoms with Gasteiger partial charge in [-0.05, 0) is 62.9 Å². The summed E-state index contributed by atoms with van der Waals surface area (Å²) in [4.78, 5) is 72.1. The Kier molecular flexibility index (Phi) is 13.1. The molecule has 4 saturated heterocycles. The van der Waals surface area contributed by atoms with Crippen molar-refractivity contribution in [3.05, 3.63) is 109 Å². The summed E-state index contributed by atoms with van der Waals surface area (Å²) in [6.07, 6.45) is -3.66. The molecule has 0 radical (unpaired) electrons. The van der Waals surface area contributed by atoms with Crippen LogP contribution in [0.2, 0.25) is 10.0 Å². The third-order valence-corrected chi connectivity index (χ3v) is 11.6. The van der Waals surface area contributed by atoms with Crippen molar-refractivity contribution in [3.8, 4) is 0 Å². The predicted molar refractivity (Wildman–Crippen MR) is 213 cm³/mol. The van der Waals surface area contributed by atoms with E-state index in [0.29, 0.717) is 37.3 Å². The van der Waals surface area contributed by atoms with Crippen LogP contribution in [-0.2, 0) is 26.9 Å². The first-order valence-electron chi connectivity index (χ1n) is 19.3. The van der Waals surface area contributed by atoms with Crippen LogP contribution in [0.3, 0.4) is 0 Å².